The van der Waals surface area contributed by atoms with Crippen molar-refractivity contribution in [2.75, 3.05) is 47.5 Å². The van der Waals surface area contributed by atoms with Crippen molar-refractivity contribution in [3.05, 3.63) is 85.1 Å². The number of likely N-dealkylation sites (N-methyl/N-ethyl adjacent to an activating group) is 1. The average molecular weight is 1220 g/mol. The van der Waals surface area contributed by atoms with E-state index in [4.69, 9.17) is 18.9 Å². The standard InChI is InChI=1S/C78H139NO8/c1-6-8-10-12-14-16-18-20-22-24-26-28-29-30-31-32-33-34-35-36-37-38-39-40-41-42-43-44-45-46-47-49-50-52-54-56-58-60-62-64-66-68-75(80)85-72-74(73-86-78(77(82)83)84-71-70-79(3,4)5)87-76(81)69-67-65-63-61-59-57-55-53-51-48-27-25-23-21-19-17-15-13-11-9-7-2/h9,11,15,17-18,20-21,23-24,26-27,48,53,55,74,78H,6-8,10,12-14,16,19,22,25,28-47,49-52,54,56-73H2,1-5H3/p+1/b11-9-,17-15-,20-18-,23-21-,26-24-,48-27-,55-53-. The first-order chi connectivity index (χ1) is 42.6. The smallest absolute Gasteiger partial charge is 0.361 e. The van der Waals surface area contributed by atoms with Crippen LogP contribution >= 0.6 is 0 Å². The van der Waals surface area contributed by atoms with Crippen LogP contribution in [0.5, 0.6) is 0 Å². The molecule has 9 nitrogen and oxygen atoms in total. The van der Waals surface area contributed by atoms with Crippen LogP contribution in [-0.2, 0) is 33.3 Å². The number of nitrogens with zero attached hydrogens (tertiary/aromatic N) is 1. The Morgan fingerprint density at radius 2 is 0.655 bits per heavy atom. The fourth-order valence-corrected chi connectivity index (χ4v) is 10.5. The molecule has 504 valence electrons. The van der Waals surface area contributed by atoms with Crippen molar-refractivity contribution in [1.29, 1.82) is 0 Å². The number of unbranched alkanes of at least 4 members (excludes halogenated alkanes) is 39. The predicted octanol–water partition coefficient (Wildman–Crippen LogP) is 23.0. The van der Waals surface area contributed by atoms with Crippen molar-refractivity contribution >= 4 is 17.9 Å². The number of carbonyl (C=O) groups excluding carboxylic acids is 2. The third-order valence-corrected chi connectivity index (χ3v) is 16.1. The minimum absolute atomic E-state index is 0.181. The Bertz CT molecular complexity index is 1700. The van der Waals surface area contributed by atoms with Gasteiger partial charge in [-0.3, -0.25) is 9.59 Å². The van der Waals surface area contributed by atoms with Crippen LogP contribution in [0.3, 0.4) is 0 Å². The number of rotatable bonds is 68. The number of allylic oxidation sites excluding steroid dienone is 14. The number of carbonyl (C=O) groups is 3. The SMILES string of the molecule is CC/C=C\C/C=C\C/C=C\C/C=C\C/C=C\CCCCCCCC(=O)OC(COC(=O)CCCCCCCCCCCCCCCCCCCCCCCCCCCCCCC/C=C\C/C=C\CCCCCCC)COC(OCC[N+](C)(C)C)C(=O)O. The maximum atomic E-state index is 12.9. The highest BCUT2D eigenvalue weighted by Crippen LogP contribution is 2.18. The van der Waals surface area contributed by atoms with E-state index in [1.165, 1.54) is 212 Å². The van der Waals surface area contributed by atoms with Crippen LogP contribution in [0.25, 0.3) is 0 Å². The van der Waals surface area contributed by atoms with E-state index in [0.29, 0.717) is 23.9 Å². The lowest BCUT2D eigenvalue weighted by Crippen LogP contribution is -2.40. The maximum Gasteiger partial charge on any atom is 0.361 e. The molecule has 0 fully saturated rings. The molecule has 0 aromatic rings. The Morgan fingerprint density at radius 3 is 0.977 bits per heavy atom. The quantitative estimate of drug-likeness (QED) is 0.0211. The molecule has 0 aromatic heterocycles. The topological polar surface area (TPSA) is 108 Å². The largest absolute Gasteiger partial charge is 0.477 e. The van der Waals surface area contributed by atoms with Gasteiger partial charge in [0.2, 0.25) is 0 Å². The van der Waals surface area contributed by atoms with Crippen molar-refractivity contribution in [3.8, 4) is 0 Å². The third-order valence-electron chi connectivity index (χ3n) is 16.1. The molecule has 0 bridgehead atoms. The molecule has 0 aliphatic rings. The van der Waals surface area contributed by atoms with E-state index >= 15 is 0 Å². The van der Waals surface area contributed by atoms with Gasteiger partial charge in [-0.2, -0.15) is 0 Å². The number of carboxylic acid groups (broad SMARTS) is 1. The van der Waals surface area contributed by atoms with Crippen LogP contribution in [0, 0.1) is 0 Å². The van der Waals surface area contributed by atoms with E-state index in [1.54, 1.807) is 0 Å². The average Bonchev–Trinajstić information content (AvgIpc) is 3.57. The molecule has 0 rings (SSSR count). The molecular weight excluding hydrogens is 1080 g/mol. The van der Waals surface area contributed by atoms with E-state index < -0.39 is 24.3 Å². The highest BCUT2D eigenvalue weighted by atomic mass is 16.7. The molecule has 2 atom stereocenters. The van der Waals surface area contributed by atoms with E-state index in [-0.39, 0.29) is 32.2 Å². The van der Waals surface area contributed by atoms with Crippen molar-refractivity contribution in [1.82, 2.24) is 0 Å². The molecule has 87 heavy (non-hydrogen) atoms. The van der Waals surface area contributed by atoms with Gasteiger partial charge in [-0.25, -0.2) is 4.79 Å². The van der Waals surface area contributed by atoms with Gasteiger partial charge in [0.25, 0.3) is 6.29 Å². The van der Waals surface area contributed by atoms with Gasteiger partial charge in [-0.15, -0.1) is 0 Å². The maximum absolute atomic E-state index is 12.9. The highest BCUT2D eigenvalue weighted by molar-refractivity contribution is 5.71. The van der Waals surface area contributed by atoms with E-state index in [9.17, 15) is 19.5 Å². The molecule has 0 heterocycles. The Labute approximate surface area is 538 Å². The monoisotopic (exact) mass is 1220 g/mol. The van der Waals surface area contributed by atoms with Gasteiger partial charge < -0.3 is 28.5 Å². The second-order valence-corrected chi connectivity index (χ2v) is 25.9. The lowest BCUT2D eigenvalue weighted by Gasteiger charge is -2.25. The van der Waals surface area contributed by atoms with Crippen LogP contribution in [-0.4, -0.2) is 87.4 Å². The first kappa shape index (κ1) is 83.5. The second kappa shape index (κ2) is 68.4. The summed E-state index contributed by atoms with van der Waals surface area (Å²) in [6.07, 6.45) is 90.2. The molecule has 0 radical (unpaired) electrons. The van der Waals surface area contributed by atoms with Crippen molar-refractivity contribution in [2.24, 2.45) is 0 Å². The van der Waals surface area contributed by atoms with Gasteiger partial charge in [0.1, 0.15) is 13.2 Å². The van der Waals surface area contributed by atoms with E-state index in [2.05, 4.69) is 98.9 Å². The number of ether oxygens (including phenoxy) is 4. The van der Waals surface area contributed by atoms with Gasteiger partial charge in [0.15, 0.2) is 6.10 Å². The normalized spacial score (nSPS) is 13.2. The first-order valence-electron chi connectivity index (χ1n) is 36.8. The molecule has 2 unspecified atom stereocenters. The molecule has 0 aromatic carbocycles. The summed E-state index contributed by atoms with van der Waals surface area (Å²) in [6.45, 7) is 4.76. The van der Waals surface area contributed by atoms with Crippen LogP contribution in [0.2, 0.25) is 0 Å². The second-order valence-electron chi connectivity index (χ2n) is 25.9. The Morgan fingerprint density at radius 1 is 0.356 bits per heavy atom. The van der Waals surface area contributed by atoms with Gasteiger partial charge in [0.05, 0.1) is 34.4 Å². The number of hydrogen-bond donors (Lipinski definition) is 1. The van der Waals surface area contributed by atoms with Gasteiger partial charge in [0, 0.05) is 12.8 Å². The molecule has 0 aliphatic heterocycles. The zero-order valence-electron chi connectivity index (χ0n) is 57.7. The number of hydrogen-bond acceptors (Lipinski definition) is 7. The lowest BCUT2D eigenvalue weighted by molar-refractivity contribution is -0.870. The molecule has 0 saturated heterocycles. The summed E-state index contributed by atoms with van der Waals surface area (Å²) in [4.78, 5) is 37.6. The van der Waals surface area contributed by atoms with Crippen molar-refractivity contribution in [3.63, 3.8) is 0 Å². The van der Waals surface area contributed by atoms with Gasteiger partial charge >= 0.3 is 17.9 Å². The highest BCUT2D eigenvalue weighted by Gasteiger charge is 2.25. The van der Waals surface area contributed by atoms with Crippen LogP contribution < -0.4 is 0 Å². The number of quaternary nitrogens is 1. The summed E-state index contributed by atoms with van der Waals surface area (Å²) in [5, 5.41) is 9.74. The Kier molecular flexibility index (Phi) is 65.6. The molecule has 9 heteroatoms. The van der Waals surface area contributed by atoms with E-state index in [0.717, 1.165) is 89.9 Å². The summed E-state index contributed by atoms with van der Waals surface area (Å²) >= 11 is 0. The van der Waals surface area contributed by atoms with Gasteiger partial charge in [-0.05, 0) is 89.9 Å². The number of esters is 2. The molecule has 0 saturated carbocycles. The minimum atomic E-state index is -1.52. The predicted molar refractivity (Wildman–Crippen MR) is 373 cm³/mol. The van der Waals surface area contributed by atoms with Gasteiger partial charge in [-0.1, -0.05) is 317 Å². The third kappa shape index (κ3) is 69.8. The van der Waals surface area contributed by atoms with Crippen LogP contribution in [0.15, 0.2) is 85.1 Å². The summed E-state index contributed by atoms with van der Waals surface area (Å²) in [7, 11) is 5.97. The fourth-order valence-electron chi connectivity index (χ4n) is 10.5. The van der Waals surface area contributed by atoms with Crippen molar-refractivity contribution < 1.29 is 42.9 Å². The van der Waals surface area contributed by atoms with Crippen LogP contribution in [0.1, 0.15) is 335 Å². The fraction of sp³-hybridized carbons (Fsp3) is 0.782. The summed E-state index contributed by atoms with van der Waals surface area (Å²) in [5.41, 5.74) is 0. The molecule has 0 amide bonds. The summed E-state index contributed by atoms with van der Waals surface area (Å²) in [6, 6.07) is 0. The lowest BCUT2D eigenvalue weighted by atomic mass is 10.0. The molecule has 0 aliphatic carbocycles. The minimum Gasteiger partial charge on any atom is -0.477 e. The summed E-state index contributed by atoms with van der Waals surface area (Å²) in [5.74, 6) is -2.02. The number of carboxylic acids is 1. The number of aliphatic carboxylic acids is 1. The molecular formula is C78H140NO8+. The molecule has 1 N–H and O–H groups in total. The summed E-state index contributed by atoms with van der Waals surface area (Å²) < 4.78 is 22.9. The van der Waals surface area contributed by atoms with Crippen LogP contribution in [0.4, 0.5) is 0 Å². The van der Waals surface area contributed by atoms with E-state index in [1.807, 2.05) is 21.1 Å². The Balaban J connectivity index is 3.96. The Hall–Kier alpha value is -3.53. The molecule has 0 spiro atoms. The first-order valence-corrected chi connectivity index (χ1v) is 36.8. The zero-order valence-corrected chi connectivity index (χ0v) is 57.7. The van der Waals surface area contributed by atoms with Crippen molar-refractivity contribution in [2.45, 2.75) is 347 Å². The zero-order chi connectivity index (χ0) is 63.3.